The normalized spacial score (nSPS) is 12.9. The molecule has 2 aromatic heterocycles. The molecule has 4 rings (SSSR count). The minimum Gasteiger partial charge on any atom is -0.478 e. The van der Waals surface area contributed by atoms with Gasteiger partial charge in [-0.05, 0) is 12.1 Å². The fourth-order valence-corrected chi connectivity index (χ4v) is 3.14. The predicted molar refractivity (Wildman–Crippen MR) is 97.9 cm³/mol. The SMILES string of the molecule is CCc1ncc2c(n1)CN(c1nc(-c3ccccc3)ccc1C(=O)O)C2. The molecule has 0 aliphatic carbocycles. The Hall–Kier alpha value is -3.28. The predicted octanol–water partition coefficient (Wildman–Crippen LogP) is 3.32. The molecular formula is C20H18N4O2. The summed E-state index contributed by atoms with van der Waals surface area (Å²) in [6, 6.07) is 13.1. The molecule has 0 saturated heterocycles. The fraction of sp³-hybridized carbons (Fsp3) is 0.200. The highest BCUT2D eigenvalue weighted by Crippen LogP contribution is 2.30. The van der Waals surface area contributed by atoms with Crippen molar-refractivity contribution in [2.45, 2.75) is 26.4 Å². The maximum atomic E-state index is 11.7. The van der Waals surface area contributed by atoms with E-state index in [1.165, 1.54) is 0 Å². The molecule has 0 bridgehead atoms. The van der Waals surface area contributed by atoms with E-state index < -0.39 is 5.97 Å². The molecule has 3 aromatic rings. The molecular weight excluding hydrogens is 328 g/mol. The zero-order chi connectivity index (χ0) is 18.1. The van der Waals surface area contributed by atoms with Gasteiger partial charge in [0, 0.05) is 30.3 Å². The van der Waals surface area contributed by atoms with Crippen molar-refractivity contribution in [1.29, 1.82) is 0 Å². The Labute approximate surface area is 151 Å². The Kier molecular flexibility index (Phi) is 4.08. The second-order valence-corrected chi connectivity index (χ2v) is 6.21. The van der Waals surface area contributed by atoms with E-state index in [1.54, 1.807) is 12.1 Å². The van der Waals surface area contributed by atoms with Crippen LogP contribution in [0.4, 0.5) is 5.82 Å². The summed E-state index contributed by atoms with van der Waals surface area (Å²) in [6.45, 7) is 3.11. The van der Waals surface area contributed by atoms with E-state index in [2.05, 4.69) is 15.0 Å². The van der Waals surface area contributed by atoms with E-state index in [1.807, 2.05) is 48.4 Å². The lowest BCUT2D eigenvalue weighted by Crippen LogP contribution is -2.20. The van der Waals surface area contributed by atoms with Gasteiger partial charge in [0.05, 0.1) is 17.9 Å². The lowest BCUT2D eigenvalue weighted by atomic mass is 10.1. The van der Waals surface area contributed by atoms with Gasteiger partial charge in [-0.3, -0.25) is 0 Å². The molecule has 6 heteroatoms. The van der Waals surface area contributed by atoms with E-state index in [0.29, 0.717) is 18.9 Å². The standard InChI is InChI=1S/C20H18N4O2/c1-2-18-21-10-14-11-24(12-17(14)22-18)19-15(20(25)26)8-9-16(23-19)13-6-4-3-5-7-13/h3-10H,2,11-12H2,1H3,(H,25,26). The molecule has 0 spiro atoms. The third-order valence-electron chi connectivity index (χ3n) is 4.50. The average molecular weight is 346 g/mol. The summed E-state index contributed by atoms with van der Waals surface area (Å²) >= 11 is 0. The monoisotopic (exact) mass is 346 g/mol. The zero-order valence-electron chi connectivity index (χ0n) is 14.4. The van der Waals surface area contributed by atoms with Gasteiger partial charge in [-0.25, -0.2) is 19.7 Å². The minimum atomic E-state index is -0.983. The van der Waals surface area contributed by atoms with Crippen molar-refractivity contribution in [3.8, 4) is 11.3 Å². The lowest BCUT2D eigenvalue weighted by molar-refractivity contribution is 0.0697. The quantitative estimate of drug-likeness (QED) is 0.781. The second-order valence-electron chi connectivity index (χ2n) is 6.21. The first kappa shape index (κ1) is 16.2. The summed E-state index contributed by atoms with van der Waals surface area (Å²) in [4.78, 5) is 27.2. The highest BCUT2D eigenvalue weighted by Gasteiger charge is 2.26. The van der Waals surface area contributed by atoms with Crippen molar-refractivity contribution >= 4 is 11.8 Å². The molecule has 0 atom stereocenters. The number of carbonyl (C=O) groups is 1. The molecule has 0 fully saturated rings. The Balaban J connectivity index is 1.74. The van der Waals surface area contributed by atoms with Crippen LogP contribution in [-0.2, 0) is 19.5 Å². The number of hydrogen-bond donors (Lipinski definition) is 1. The average Bonchev–Trinajstić information content (AvgIpc) is 3.11. The maximum Gasteiger partial charge on any atom is 0.339 e. The van der Waals surface area contributed by atoms with E-state index >= 15 is 0 Å². The number of fused-ring (bicyclic) bond motifs is 1. The summed E-state index contributed by atoms with van der Waals surface area (Å²) in [5.74, 6) is 0.286. The van der Waals surface area contributed by atoms with Gasteiger partial charge < -0.3 is 10.0 Å². The third-order valence-corrected chi connectivity index (χ3v) is 4.50. The molecule has 1 aliphatic rings. The van der Waals surface area contributed by atoms with Crippen LogP contribution in [0.1, 0.15) is 34.4 Å². The maximum absolute atomic E-state index is 11.7. The van der Waals surface area contributed by atoms with Crippen LogP contribution in [0.15, 0.2) is 48.7 Å². The summed E-state index contributed by atoms with van der Waals surface area (Å²) in [5, 5.41) is 9.59. The van der Waals surface area contributed by atoms with Crippen LogP contribution in [0.2, 0.25) is 0 Å². The Morgan fingerprint density at radius 2 is 1.92 bits per heavy atom. The van der Waals surface area contributed by atoms with E-state index in [9.17, 15) is 9.90 Å². The van der Waals surface area contributed by atoms with Gasteiger partial charge >= 0.3 is 5.97 Å². The first-order valence-electron chi connectivity index (χ1n) is 8.54. The molecule has 1 N–H and O–H groups in total. The number of rotatable bonds is 4. The smallest absolute Gasteiger partial charge is 0.339 e. The van der Waals surface area contributed by atoms with Crippen LogP contribution in [-0.4, -0.2) is 26.0 Å². The van der Waals surface area contributed by atoms with Crippen molar-refractivity contribution in [1.82, 2.24) is 15.0 Å². The first-order valence-corrected chi connectivity index (χ1v) is 8.54. The highest BCUT2D eigenvalue weighted by molar-refractivity contribution is 5.94. The Morgan fingerprint density at radius 3 is 2.65 bits per heavy atom. The van der Waals surface area contributed by atoms with Gasteiger partial charge in [0.25, 0.3) is 0 Å². The molecule has 6 nitrogen and oxygen atoms in total. The van der Waals surface area contributed by atoms with Crippen LogP contribution in [0.5, 0.6) is 0 Å². The number of hydrogen-bond acceptors (Lipinski definition) is 5. The van der Waals surface area contributed by atoms with Crippen LogP contribution in [0.25, 0.3) is 11.3 Å². The Bertz CT molecular complexity index is 973. The molecule has 0 radical (unpaired) electrons. The van der Waals surface area contributed by atoms with Crippen molar-refractivity contribution < 1.29 is 9.90 Å². The molecule has 130 valence electrons. The van der Waals surface area contributed by atoms with Gasteiger partial charge in [-0.2, -0.15) is 0 Å². The number of anilines is 1. The summed E-state index contributed by atoms with van der Waals surface area (Å²) in [7, 11) is 0. The number of carboxylic acid groups (broad SMARTS) is 1. The summed E-state index contributed by atoms with van der Waals surface area (Å²) in [6.07, 6.45) is 2.61. The van der Waals surface area contributed by atoms with Gasteiger partial charge in [-0.1, -0.05) is 37.3 Å². The molecule has 0 saturated carbocycles. The number of carboxylic acids is 1. The number of aryl methyl sites for hydroxylation is 1. The molecule has 3 heterocycles. The third kappa shape index (κ3) is 2.90. The molecule has 0 amide bonds. The van der Waals surface area contributed by atoms with Gasteiger partial charge in [0.2, 0.25) is 0 Å². The molecule has 1 aliphatic heterocycles. The van der Waals surface area contributed by atoms with Crippen molar-refractivity contribution in [2.75, 3.05) is 4.90 Å². The molecule has 26 heavy (non-hydrogen) atoms. The van der Waals surface area contributed by atoms with Crippen LogP contribution in [0.3, 0.4) is 0 Å². The molecule has 0 unspecified atom stereocenters. The number of aromatic carboxylic acids is 1. The van der Waals surface area contributed by atoms with Crippen molar-refractivity contribution in [2.24, 2.45) is 0 Å². The van der Waals surface area contributed by atoms with Crippen LogP contribution < -0.4 is 4.90 Å². The van der Waals surface area contributed by atoms with Crippen LogP contribution in [0, 0.1) is 0 Å². The Morgan fingerprint density at radius 1 is 1.12 bits per heavy atom. The van der Waals surface area contributed by atoms with Gasteiger partial charge in [-0.15, -0.1) is 0 Å². The van der Waals surface area contributed by atoms with E-state index in [4.69, 9.17) is 0 Å². The largest absolute Gasteiger partial charge is 0.478 e. The molecule has 1 aromatic carbocycles. The van der Waals surface area contributed by atoms with E-state index in [0.717, 1.165) is 34.8 Å². The van der Waals surface area contributed by atoms with E-state index in [-0.39, 0.29) is 5.56 Å². The first-order chi connectivity index (χ1) is 12.7. The number of benzene rings is 1. The summed E-state index contributed by atoms with van der Waals surface area (Å²) < 4.78 is 0. The highest BCUT2D eigenvalue weighted by atomic mass is 16.4. The van der Waals surface area contributed by atoms with Crippen molar-refractivity contribution in [3.63, 3.8) is 0 Å². The van der Waals surface area contributed by atoms with Crippen molar-refractivity contribution in [3.05, 3.63) is 71.3 Å². The second kappa shape index (κ2) is 6.55. The number of pyridine rings is 1. The number of aromatic nitrogens is 3. The lowest BCUT2D eigenvalue weighted by Gasteiger charge is -2.19. The van der Waals surface area contributed by atoms with Crippen LogP contribution >= 0.6 is 0 Å². The van der Waals surface area contributed by atoms with Gasteiger partial charge in [0.1, 0.15) is 17.2 Å². The summed E-state index contributed by atoms with van der Waals surface area (Å²) in [5.41, 5.74) is 3.86. The fourth-order valence-electron chi connectivity index (χ4n) is 3.14. The zero-order valence-corrected chi connectivity index (χ0v) is 14.4. The topological polar surface area (TPSA) is 79.2 Å². The van der Waals surface area contributed by atoms with Gasteiger partial charge in [0.15, 0.2) is 0 Å². The number of nitrogens with zero attached hydrogens (tertiary/aromatic N) is 4. The minimum absolute atomic E-state index is 0.196.